The van der Waals surface area contributed by atoms with Crippen LogP contribution in [0.2, 0.25) is 0 Å². The molecule has 0 atom stereocenters. The topological polar surface area (TPSA) is 55.2 Å². The Kier molecular flexibility index (Phi) is 2.68. The van der Waals surface area contributed by atoms with E-state index in [2.05, 4.69) is 5.32 Å². The van der Waals surface area contributed by atoms with E-state index >= 15 is 0 Å². The monoisotopic (exact) mass is 206 g/mol. The number of hydrogen-bond acceptors (Lipinski definition) is 3. The molecule has 80 valence electrons. The van der Waals surface area contributed by atoms with Gasteiger partial charge in [-0.1, -0.05) is 6.07 Å². The number of nitrogens with zero attached hydrogens (tertiary/aromatic N) is 1. The fourth-order valence-electron chi connectivity index (χ4n) is 1.88. The molecule has 0 unspecified atom stereocenters. The molecule has 1 aliphatic rings. The van der Waals surface area contributed by atoms with Gasteiger partial charge in [-0.05, 0) is 44.0 Å². The maximum Gasteiger partial charge on any atom is 0.272 e. The minimum atomic E-state index is -0.329. The molecule has 1 saturated heterocycles. The highest BCUT2D eigenvalue weighted by molar-refractivity contribution is 5.41. The van der Waals surface area contributed by atoms with Gasteiger partial charge in [0.2, 0.25) is 0 Å². The van der Waals surface area contributed by atoms with Crippen molar-refractivity contribution < 1.29 is 4.92 Å². The van der Waals surface area contributed by atoms with Crippen molar-refractivity contribution in [3.05, 3.63) is 39.4 Å². The van der Waals surface area contributed by atoms with Crippen LogP contribution in [0.1, 0.15) is 11.1 Å². The first kappa shape index (κ1) is 10.1. The van der Waals surface area contributed by atoms with Gasteiger partial charge in [-0.2, -0.15) is 0 Å². The highest BCUT2D eigenvalue weighted by atomic mass is 16.6. The predicted octanol–water partition coefficient (Wildman–Crippen LogP) is 1.67. The van der Waals surface area contributed by atoms with Gasteiger partial charge < -0.3 is 5.32 Å². The molecule has 0 bridgehead atoms. The molecule has 2 rings (SSSR count). The number of benzene rings is 1. The predicted molar refractivity (Wildman–Crippen MR) is 57.9 cm³/mol. The van der Waals surface area contributed by atoms with Crippen LogP contribution in [0.3, 0.4) is 0 Å². The number of aryl methyl sites for hydroxylation is 1. The number of nitro groups is 1. The van der Waals surface area contributed by atoms with Crippen molar-refractivity contribution in [3.63, 3.8) is 0 Å². The van der Waals surface area contributed by atoms with Crippen molar-refractivity contribution in [1.82, 2.24) is 5.32 Å². The zero-order chi connectivity index (χ0) is 10.8. The lowest BCUT2D eigenvalue weighted by atomic mass is 9.93. The summed E-state index contributed by atoms with van der Waals surface area (Å²) in [5.41, 5.74) is 2.17. The second-order valence-electron chi connectivity index (χ2n) is 4.11. The molecule has 0 radical (unpaired) electrons. The molecule has 0 saturated carbocycles. The SMILES string of the molecule is Cc1cc(CC2CNC2)ccc1[N+](=O)[O-]. The van der Waals surface area contributed by atoms with Gasteiger partial charge in [0.05, 0.1) is 4.92 Å². The molecular formula is C11H14N2O2. The Labute approximate surface area is 88.5 Å². The van der Waals surface area contributed by atoms with Crippen molar-refractivity contribution in [2.24, 2.45) is 5.92 Å². The Morgan fingerprint density at radius 1 is 1.53 bits per heavy atom. The zero-order valence-electron chi connectivity index (χ0n) is 8.69. The van der Waals surface area contributed by atoms with Gasteiger partial charge in [-0.15, -0.1) is 0 Å². The van der Waals surface area contributed by atoms with E-state index in [1.54, 1.807) is 13.0 Å². The maximum absolute atomic E-state index is 10.6. The second-order valence-corrected chi connectivity index (χ2v) is 4.11. The highest BCUT2D eigenvalue weighted by Gasteiger charge is 2.18. The molecule has 1 aliphatic heterocycles. The van der Waals surface area contributed by atoms with Gasteiger partial charge in [0.15, 0.2) is 0 Å². The van der Waals surface area contributed by atoms with Crippen molar-refractivity contribution in [2.45, 2.75) is 13.3 Å². The van der Waals surface area contributed by atoms with Crippen molar-refractivity contribution >= 4 is 5.69 Å². The van der Waals surface area contributed by atoms with Gasteiger partial charge in [0.25, 0.3) is 5.69 Å². The number of rotatable bonds is 3. The summed E-state index contributed by atoms with van der Waals surface area (Å²) >= 11 is 0. The van der Waals surface area contributed by atoms with Crippen LogP contribution in [0.15, 0.2) is 18.2 Å². The van der Waals surface area contributed by atoms with Crippen LogP contribution in [0, 0.1) is 23.0 Å². The zero-order valence-corrected chi connectivity index (χ0v) is 8.69. The Morgan fingerprint density at radius 2 is 2.27 bits per heavy atom. The lowest BCUT2D eigenvalue weighted by Crippen LogP contribution is -2.43. The maximum atomic E-state index is 10.6. The molecule has 1 aromatic carbocycles. The van der Waals surface area contributed by atoms with Crippen molar-refractivity contribution in [2.75, 3.05) is 13.1 Å². The van der Waals surface area contributed by atoms with E-state index in [9.17, 15) is 10.1 Å². The summed E-state index contributed by atoms with van der Waals surface area (Å²) in [6.07, 6.45) is 1.02. The lowest BCUT2D eigenvalue weighted by molar-refractivity contribution is -0.385. The first-order chi connectivity index (χ1) is 7.16. The summed E-state index contributed by atoms with van der Waals surface area (Å²) in [7, 11) is 0. The lowest BCUT2D eigenvalue weighted by Gasteiger charge is -2.27. The fraction of sp³-hybridized carbons (Fsp3) is 0.455. The van der Waals surface area contributed by atoms with Crippen LogP contribution in [0.5, 0.6) is 0 Å². The number of nitro benzene ring substituents is 1. The van der Waals surface area contributed by atoms with Gasteiger partial charge in [-0.25, -0.2) is 0 Å². The summed E-state index contributed by atoms with van der Waals surface area (Å²) in [4.78, 5) is 10.3. The summed E-state index contributed by atoms with van der Waals surface area (Å²) in [5, 5.41) is 13.8. The minimum absolute atomic E-state index is 0.213. The molecule has 1 N–H and O–H groups in total. The van der Waals surface area contributed by atoms with Crippen LogP contribution < -0.4 is 5.32 Å². The summed E-state index contributed by atoms with van der Waals surface area (Å²) in [5.74, 6) is 0.700. The van der Waals surface area contributed by atoms with Crippen LogP contribution >= 0.6 is 0 Å². The number of nitrogens with one attached hydrogen (secondary N) is 1. The fourth-order valence-corrected chi connectivity index (χ4v) is 1.88. The van der Waals surface area contributed by atoms with Gasteiger partial charge in [-0.3, -0.25) is 10.1 Å². The van der Waals surface area contributed by atoms with Crippen molar-refractivity contribution in [3.8, 4) is 0 Å². The summed E-state index contributed by atoms with van der Waals surface area (Å²) in [6.45, 7) is 3.92. The molecule has 15 heavy (non-hydrogen) atoms. The van der Waals surface area contributed by atoms with Crippen LogP contribution in [0.25, 0.3) is 0 Å². The largest absolute Gasteiger partial charge is 0.316 e. The van der Waals surface area contributed by atoms with Crippen LogP contribution in [-0.2, 0) is 6.42 Å². The Balaban J connectivity index is 2.13. The van der Waals surface area contributed by atoms with E-state index in [0.29, 0.717) is 5.92 Å². The molecule has 4 nitrogen and oxygen atoms in total. The molecular weight excluding hydrogens is 192 g/mol. The third-order valence-corrected chi connectivity index (χ3v) is 2.85. The Bertz CT molecular complexity index is 386. The van der Waals surface area contributed by atoms with E-state index in [0.717, 1.165) is 25.1 Å². The quantitative estimate of drug-likeness (QED) is 0.604. The van der Waals surface area contributed by atoms with E-state index in [4.69, 9.17) is 0 Å². The first-order valence-electron chi connectivity index (χ1n) is 5.11. The van der Waals surface area contributed by atoms with E-state index < -0.39 is 0 Å². The Hall–Kier alpha value is -1.42. The van der Waals surface area contributed by atoms with E-state index in [-0.39, 0.29) is 10.6 Å². The minimum Gasteiger partial charge on any atom is -0.316 e. The normalized spacial score (nSPS) is 16.1. The van der Waals surface area contributed by atoms with E-state index in [1.165, 1.54) is 5.56 Å². The molecule has 1 aromatic rings. The summed E-state index contributed by atoms with van der Waals surface area (Å²) < 4.78 is 0. The van der Waals surface area contributed by atoms with Gasteiger partial charge in [0.1, 0.15) is 0 Å². The molecule has 0 aliphatic carbocycles. The second kappa shape index (κ2) is 3.98. The summed E-state index contributed by atoms with van der Waals surface area (Å²) in [6, 6.07) is 5.40. The van der Waals surface area contributed by atoms with Gasteiger partial charge >= 0.3 is 0 Å². The average molecular weight is 206 g/mol. The van der Waals surface area contributed by atoms with Crippen LogP contribution in [0.4, 0.5) is 5.69 Å². The molecule has 0 aromatic heterocycles. The molecule has 1 heterocycles. The third kappa shape index (κ3) is 2.15. The van der Waals surface area contributed by atoms with Crippen molar-refractivity contribution in [1.29, 1.82) is 0 Å². The van der Waals surface area contributed by atoms with Crippen LogP contribution in [-0.4, -0.2) is 18.0 Å². The highest BCUT2D eigenvalue weighted by Crippen LogP contribution is 2.21. The third-order valence-electron chi connectivity index (χ3n) is 2.85. The number of hydrogen-bond donors (Lipinski definition) is 1. The molecule has 0 spiro atoms. The van der Waals surface area contributed by atoms with E-state index in [1.807, 2.05) is 12.1 Å². The molecule has 0 amide bonds. The standard InChI is InChI=1S/C11H14N2O2/c1-8-4-9(5-10-6-12-7-10)2-3-11(8)13(14)15/h2-4,10,12H,5-7H2,1H3. The first-order valence-corrected chi connectivity index (χ1v) is 5.11. The average Bonchev–Trinajstić information content (AvgIpc) is 2.11. The smallest absolute Gasteiger partial charge is 0.272 e. The molecule has 4 heteroatoms. The molecule has 1 fully saturated rings. The Morgan fingerprint density at radius 3 is 2.73 bits per heavy atom. The van der Waals surface area contributed by atoms with Gasteiger partial charge in [0, 0.05) is 11.6 Å².